The topological polar surface area (TPSA) is 66.9 Å². The van der Waals surface area contributed by atoms with E-state index in [0.717, 1.165) is 17.0 Å². The molecule has 2 aliphatic carbocycles. The van der Waals surface area contributed by atoms with Crippen molar-refractivity contribution in [2.45, 2.75) is 43.6 Å². The van der Waals surface area contributed by atoms with Crippen LogP contribution in [0.25, 0.3) is 0 Å². The molecule has 1 unspecified atom stereocenters. The Morgan fingerprint density at radius 1 is 1.14 bits per heavy atom. The van der Waals surface area contributed by atoms with E-state index in [1.807, 2.05) is 0 Å². The van der Waals surface area contributed by atoms with Gasteiger partial charge in [0.25, 0.3) is 5.91 Å². The molecule has 5 rings (SSSR count). The number of carbonyl (C=O) groups is 3. The van der Waals surface area contributed by atoms with Gasteiger partial charge in [-0.25, -0.2) is 8.78 Å². The lowest BCUT2D eigenvalue weighted by Crippen LogP contribution is -2.53. The number of fused-ring (bicyclic) bond motifs is 2. The largest absolute Gasteiger partial charge is 0.409 e. The van der Waals surface area contributed by atoms with Crippen LogP contribution in [0.5, 0.6) is 0 Å². The molecule has 6 nitrogen and oxygen atoms in total. The third-order valence-electron chi connectivity index (χ3n) is 6.98. The second kappa shape index (κ2) is 9.16. The predicted molar refractivity (Wildman–Crippen MR) is 122 cm³/mol. The van der Waals surface area contributed by atoms with Crippen molar-refractivity contribution in [3.05, 3.63) is 69.2 Å². The summed E-state index contributed by atoms with van der Waals surface area (Å²) in [6, 6.07) is 5.36. The quantitative estimate of drug-likeness (QED) is 0.375. The van der Waals surface area contributed by atoms with Gasteiger partial charge in [0.15, 0.2) is 5.78 Å². The molecule has 2 aromatic rings. The van der Waals surface area contributed by atoms with E-state index in [0.29, 0.717) is 17.7 Å². The highest BCUT2D eigenvalue weighted by atomic mass is 79.9. The summed E-state index contributed by atoms with van der Waals surface area (Å²) in [5, 5.41) is 0. The Morgan fingerprint density at radius 2 is 1.81 bits per heavy atom. The summed E-state index contributed by atoms with van der Waals surface area (Å²) in [4.78, 5) is 41.1. The Kier molecular flexibility index (Phi) is 6.38. The first kappa shape index (κ1) is 25.8. The molecule has 2 aromatic carbocycles. The average Bonchev–Trinajstić information content (AvgIpc) is 3.55. The Bertz CT molecular complexity index is 1280. The molecule has 1 heterocycles. The monoisotopic (exact) mass is 586 g/mol. The van der Waals surface area contributed by atoms with Gasteiger partial charge in [-0.3, -0.25) is 14.4 Å². The van der Waals surface area contributed by atoms with Crippen molar-refractivity contribution in [1.29, 1.82) is 0 Å². The van der Waals surface area contributed by atoms with Crippen LogP contribution in [0.2, 0.25) is 0 Å². The molecular formula is C25H20BrF5N2O4. The molecule has 0 bridgehead atoms. The second-order valence-electron chi connectivity index (χ2n) is 9.42. The lowest BCUT2D eigenvalue weighted by atomic mass is 9.94. The summed E-state index contributed by atoms with van der Waals surface area (Å²) in [5.74, 6) is -4.72. The summed E-state index contributed by atoms with van der Waals surface area (Å²) < 4.78 is 75.8. The van der Waals surface area contributed by atoms with Crippen LogP contribution >= 0.6 is 15.9 Å². The van der Waals surface area contributed by atoms with Gasteiger partial charge >= 0.3 is 6.18 Å². The molecule has 1 saturated carbocycles. The highest BCUT2D eigenvalue weighted by Gasteiger charge is 2.60. The van der Waals surface area contributed by atoms with Crippen LogP contribution in [-0.4, -0.2) is 52.9 Å². The van der Waals surface area contributed by atoms with E-state index in [9.17, 15) is 36.3 Å². The summed E-state index contributed by atoms with van der Waals surface area (Å²) in [7, 11) is 0. The fourth-order valence-electron chi connectivity index (χ4n) is 5.05. The predicted octanol–water partition coefficient (Wildman–Crippen LogP) is 4.23. The third-order valence-corrected chi connectivity index (χ3v) is 7.60. The second-order valence-corrected chi connectivity index (χ2v) is 10.3. The number of alkyl halides is 3. The van der Waals surface area contributed by atoms with Crippen LogP contribution in [0.3, 0.4) is 0 Å². The Balaban J connectivity index is 1.42. The van der Waals surface area contributed by atoms with Gasteiger partial charge in [-0.2, -0.15) is 13.2 Å². The first-order chi connectivity index (χ1) is 17.4. The Hall–Kier alpha value is -2.86. The van der Waals surface area contributed by atoms with Crippen molar-refractivity contribution < 1.29 is 41.1 Å². The van der Waals surface area contributed by atoms with Crippen LogP contribution < -0.4 is 0 Å². The van der Waals surface area contributed by atoms with E-state index in [1.165, 1.54) is 24.3 Å². The number of carbonyl (C=O) groups excluding carboxylic acids is 3. The highest BCUT2D eigenvalue weighted by molar-refractivity contribution is 9.10. The Morgan fingerprint density at radius 3 is 2.43 bits per heavy atom. The zero-order valence-electron chi connectivity index (χ0n) is 19.2. The number of nitrogens with zero attached hydrogens (tertiary/aromatic N) is 2. The third kappa shape index (κ3) is 4.43. The minimum absolute atomic E-state index is 0.00953. The molecule has 2 atom stereocenters. The van der Waals surface area contributed by atoms with Gasteiger partial charge in [-0.15, -0.1) is 0 Å². The Labute approximate surface area is 216 Å². The summed E-state index contributed by atoms with van der Waals surface area (Å²) in [6.45, 7) is -1.75. The number of hydrogen-bond acceptors (Lipinski definition) is 4. The number of Topliss-reactive ketones (excluding diaryl/α,β-unsaturated/α-hetero) is 1. The molecule has 1 saturated heterocycles. The van der Waals surface area contributed by atoms with E-state index in [4.69, 9.17) is 4.74 Å². The molecule has 0 radical (unpaired) electrons. The fourth-order valence-corrected chi connectivity index (χ4v) is 5.42. The number of amides is 2. The van der Waals surface area contributed by atoms with Crippen molar-refractivity contribution in [1.82, 2.24) is 9.80 Å². The maximum absolute atomic E-state index is 14.6. The highest BCUT2D eigenvalue weighted by Crippen LogP contribution is 2.46. The zero-order valence-corrected chi connectivity index (χ0v) is 20.7. The summed E-state index contributed by atoms with van der Waals surface area (Å²) in [5.41, 5.74) is -1.85. The van der Waals surface area contributed by atoms with E-state index in [2.05, 4.69) is 15.9 Å². The minimum Gasteiger partial charge on any atom is -0.332 e. The molecule has 0 aromatic heterocycles. The van der Waals surface area contributed by atoms with Gasteiger partial charge < -0.3 is 14.5 Å². The molecular weight excluding hydrogens is 567 g/mol. The number of ketones is 1. The van der Waals surface area contributed by atoms with E-state index in [-0.39, 0.29) is 21.2 Å². The van der Waals surface area contributed by atoms with Crippen molar-refractivity contribution in [2.75, 3.05) is 13.3 Å². The van der Waals surface area contributed by atoms with Crippen LogP contribution in [0, 0.1) is 17.6 Å². The zero-order chi connectivity index (χ0) is 26.7. The molecule has 37 heavy (non-hydrogen) atoms. The molecule has 0 N–H and O–H groups in total. The van der Waals surface area contributed by atoms with Gasteiger partial charge in [0.1, 0.15) is 31.0 Å². The SMILES string of the molecule is O=C(CN1COC2(C(=O)Cc3c2ccc(Br)c3F)C1=O)N(Cc1ccc(F)cc1)[C@@H](C1CC1)C(F)(F)F. The molecule has 1 spiro atoms. The van der Waals surface area contributed by atoms with Crippen LogP contribution in [0.15, 0.2) is 40.9 Å². The van der Waals surface area contributed by atoms with Crippen molar-refractivity contribution in [2.24, 2.45) is 5.92 Å². The summed E-state index contributed by atoms with van der Waals surface area (Å²) >= 11 is 3.03. The first-order valence-electron chi connectivity index (χ1n) is 11.5. The van der Waals surface area contributed by atoms with Crippen LogP contribution in [-0.2, 0) is 37.7 Å². The molecule has 2 amide bonds. The van der Waals surface area contributed by atoms with Crippen LogP contribution in [0.1, 0.15) is 29.5 Å². The van der Waals surface area contributed by atoms with E-state index >= 15 is 0 Å². The standard InChI is InChI=1S/C25H20BrF5N2O4/c26-18-8-7-17-16(21(18)28)9-19(34)24(17)23(36)32(12-37-24)11-20(35)33(10-13-1-5-15(27)6-2-13)22(14-3-4-14)25(29,30)31/h1-2,5-8,14,22H,3-4,9-12H2/t22-,24?/m0/s1. The number of benzene rings is 2. The molecule has 12 heteroatoms. The van der Waals surface area contributed by atoms with Crippen molar-refractivity contribution >= 4 is 33.5 Å². The number of hydrogen-bond donors (Lipinski definition) is 0. The van der Waals surface area contributed by atoms with E-state index < -0.39 is 79.2 Å². The van der Waals surface area contributed by atoms with Crippen LogP contribution in [0.4, 0.5) is 22.0 Å². The average molecular weight is 587 g/mol. The van der Waals surface area contributed by atoms with Crippen molar-refractivity contribution in [3.8, 4) is 0 Å². The molecule has 1 aliphatic heterocycles. The van der Waals surface area contributed by atoms with Gasteiger partial charge in [0, 0.05) is 24.1 Å². The van der Waals surface area contributed by atoms with Gasteiger partial charge in [0.05, 0.1) is 4.47 Å². The van der Waals surface area contributed by atoms with E-state index in [1.54, 1.807) is 0 Å². The fraction of sp³-hybridized carbons (Fsp3) is 0.400. The minimum atomic E-state index is -4.73. The van der Waals surface area contributed by atoms with Gasteiger partial charge in [-0.05, 0) is 58.5 Å². The lowest BCUT2D eigenvalue weighted by Gasteiger charge is -2.34. The normalized spacial score (nSPS) is 22.1. The number of ether oxygens (including phenoxy) is 1. The van der Waals surface area contributed by atoms with Gasteiger partial charge in [-0.1, -0.05) is 18.2 Å². The number of halogens is 6. The maximum Gasteiger partial charge on any atom is 0.409 e. The summed E-state index contributed by atoms with van der Waals surface area (Å²) in [6.07, 6.45) is -4.55. The molecule has 2 fully saturated rings. The lowest BCUT2D eigenvalue weighted by molar-refractivity contribution is -0.196. The maximum atomic E-state index is 14.6. The smallest absolute Gasteiger partial charge is 0.332 e. The molecule has 3 aliphatic rings. The first-order valence-corrected chi connectivity index (χ1v) is 12.3. The number of rotatable bonds is 6. The van der Waals surface area contributed by atoms with Crippen molar-refractivity contribution in [3.63, 3.8) is 0 Å². The molecule has 196 valence electrons. The van der Waals surface area contributed by atoms with Gasteiger partial charge in [0.2, 0.25) is 11.5 Å².